The van der Waals surface area contributed by atoms with Gasteiger partial charge in [0, 0.05) is 11.6 Å². The van der Waals surface area contributed by atoms with Crippen LogP contribution in [0.15, 0.2) is 24.3 Å². The molecule has 0 bridgehead atoms. The van der Waals surface area contributed by atoms with Gasteiger partial charge in [0.15, 0.2) is 5.78 Å². The summed E-state index contributed by atoms with van der Waals surface area (Å²) in [5, 5.41) is 3.22. The molecular weight excluding hydrogens is 214 g/mol. The summed E-state index contributed by atoms with van der Waals surface area (Å²) < 4.78 is 5.57. The molecule has 92 valence electrons. The zero-order chi connectivity index (χ0) is 12.3. The van der Waals surface area contributed by atoms with E-state index in [1.54, 1.807) is 0 Å². The lowest BCUT2D eigenvalue weighted by Gasteiger charge is -2.10. The third kappa shape index (κ3) is 3.86. The molecule has 1 aliphatic rings. The Morgan fingerprint density at radius 2 is 2.24 bits per heavy atom. The van der Waals surface area contributed by atoms with Gasteiger partial charge in [0.1, 0.15) is 5.75 Å². The molecule has 0 atom stereocenters. The molecular formula is C14H19NO2. The molecule has 0 heterocycles. The van der Waals surface area contributed by atoms with Crippen molar-refractivity contribution in [1.29, 1.82) is 0 Å². The van der Waals surface area contributed by atoms with Gasteiger partial charge in [0.2, 0.25) is 0 Å². The average Bonchev–Trinajstić information content (AvgIpc) is 3.09. The van der Waals surface area contributed by atoms with E-state index >= 15 is 0 Å². The highest BCUT2D eigenvalue weighted by Gasteiger charge is 2.21. The predicted octanol–water partition coefficient (Wildman–Crippen LogP) is 2.41. The fourth-order valence-corrected chi connectivity index (χ4v) is 1.64. The molecule has 1 fully saturated rings. The normalized spacial score (nSPS) is 15.0. The molecule has 0 aromatic heterocycles. The lowest BCUT2D eigenvalue weighted by Crippen LogP contribution is -2.24. The Bertz CT molecular complexity index is 397. The van der Waals surface area contributed by atoms with Crippen molar-refractivity contribution in [2.24, 2.45) is 0 Å². The molecule has 0 spiro atoms. The zero-order valence-corrected chi connectivity index (χ0v) is 10.4. The number of hydrogen-bond donors (Lipinski definition) is 1. The van der Waals surface area contributed by atoms with Crippen molar-refractivity contribution >= 4 is 5.78 Å². The highest BCUT2D eigenvalue weighted by atomic mass is 16.5. The first-order chi connectivity index (χ1) is 8.15. The van der Waals surface area contributed by atoms with E-state index in [0.717, 1.165) is 11.3 Å². The molecule has 1 aromatic carbocycles. The number of Topliss-reactive ketones (excluding diaryl/α,β-unsaturated/α-hetero) is 1. The number of rotatable bonds is 6. The molecule has 0 unspecified atom stereocenters. The van der Waals surface area contributed by atoms with Gasteiger partial charge in [0.05, 0.1) is 12.6 Å². The van der Waals surface area contributed by atoms with Crippen LogP contribution in [0.4, 0.5) is 0 Å². The van der Waals surface area contributed by atoms with Crippen LogP contribution in [0.5, 0.6) is 5.75 Å². The molecule has 2 rings (SSSR count). The molecule has 0 aliphatic heterocycles. The summed E-state index contributed by atoms with van der Waals surface area (Å²) in [6.45, 7) is 4.38. The Kier molecular flexibility index (Phi) is 3.79. The third-order valence-corrected chi connectivity index (χ3v) is 2.66. The molecule has 1 aromatic rings. The number of carbonyl (C=O) groups excluding carboxylic acids is 1. The molecule has 1 aliphatic carbocycles. The standard InChI is InChI=1S/C14H19NO2/c1-10(2)17-13-5-3-4-11(8-13)14(16)9-15-12-6-7-12/h3-5,8,10,12,15H,6-7,9H2,1-2H3. The summed E-state index contributed by atoms with van der Waals surface area (Å²) in [5.41, 5.74) is 0.719. The second-order valence-corrected chi connectivity index (χ2v) is 4.77. The summed E-state index contributed by atoms with van der Waals surface area (Å²) in [6, 6.07) is 7.96. The number of benzene rings is 1. The van der Waals surface area contributed by atoms with Crippen LogP contribution >= 0.6 is 0 Å². The predicted molar refractivity (Wildman–Crippen MR) is 67.6 cm³/mol. The Morgan fingerprint density at radius 1 is 1.47 bits per heavy atom. The Morgan fingerprint density at radius 3 is 2.88 bits per heavy atom. The third-order valence-electron chi connectivity index (χ3n) is 2.66. The van der Waals surface area contributed by atoms with Gasteiger partial charge in [-0.1, -0.05) is 12.1 Å². The Labute approximate surface area is 102 Å². The summed E-state index contributed by atoms with van der Waals surface area (Å²) >= 11 is 0. The van der Waals surface area contributed by atoms with E-state index in [0.29, 0.717) is 12.6 Å². The van der Waals surface area contributed by atoms with E-state index in [9.17, 15) is 4.79 Å². The SMILES string of the molecule is CC(C)Oc1cccc(C(=O)CNC2CC2)c1. The number of ketones is 1. The Balaban J connectivity index is 1.95. The second-order valence-electron chi connectivity index (χ2n) is 4.77. The van der Waals surface area contributed by atoms with Crippen molar-refractivity contribution in [3.63, 3.8) is 0 Å². The van der Waals surface area contributed by atoms with Crippen molar-refractivity contribution in [2.45, 2.75) is 38.8 Å². The van der Waals surface area contributed by atoms with Gasteiger partial charge >= 0.3 is 0 Å². The van der Waals surface area contributed by atoms with E-state index < -0.39 is 0 Å². The maximum Gasteiger partial charge on any atom is 0.176 e. The van der Waals surface area contributed by atoms with E-state index in [1.165, 1.54) is 12.8 Å². The maximum atomic E-state index is 11.9. The van der Waals surface area contributed by atoms with Gasteiger partial charge in [0.25, 0.3) is 0 Å². The number of carbonyl (C=O) groups is 1. The first kappa shape index (κ1) is 12.1. The fraction of sp³-hybridized carbons (Fsp3) is 0.500. The summed E-state index contributed by atoms with van der Waals surface area (Å²) in [5.74, 6) is 0.892. The Hall–Kier alpha value is -1.35. The van der Waals surface area contributed by atoms with Gasteiger partial charge in [-0.3, -0.25) is 4.79 Å². The van der Waals surface area contributed by atoms with Crippen molar-refractivity contribution in [1.82, 2.24) is 5.32 Å². The maximum absolute atomic E-state index is 11.9. The van der Waals surface area contributed by atoms with Gasteiger partial charge < -0.3 is 10.1 Å². The number of hydrogen-bond acceptors (Lipinski definition) is 3. The minimum absolute atomic E-state index is 0.130. The lowest BCUT2D eigenvalue weighted by molar-refractivity contribution is 0.0990. The topological polar surface area (TPSA) is 38.3 Å². The quantitative estimate of drug-likeness (QED) is 0.767. The molecule has 3 heteroatoms. The molecule has 0 saturated heterocycles. The van der Waals surface area contributed by atoms with Crippen LogP contribution in [0.2, 0.25) is 0 Å². The smallest absolute Gasteiger partial charge is 0.176 e. The minimum atomic E-state index is 0.130. The largest absolute Gasteiger partial charge is 0.491 e. The first-order valence-electron chi connectivity index (χ1n) is 6.18. The van der Waals surface area contributed by atoms with Crippen LogP contribution in [-0.4, -0.2) is 24.5 Å². The van der Waals surface area contributed by atoms with Gasteiger partial charge in [-0.25, -0.2) is 0 Å². The molecule has 1 N–H and O–H groups in total. The van der Waals surface area contributed by atoms with Gasteiger partial charge in [-0.05, 0) is 38.8 Å². The van der Waals surface area contributed by atoms with Crippen LogP contribution in [-0.2, 0) is 0 Å². The molecule has 1 saturated carbocycles. The van der Waals surface area contributed by atoms with Crippen LogP contribution in [0, 0.1) is 0 Å². The molecule has 0 radical (unpaired) electrons. The highest BCUT2D eigenvalue weighted by molar-refractivity contribution is 5.97. The van der Waals surface area contributed by atoms with E-state index in [4.69, 9.17) is 4.74 Å². The van der Waals surface area contributed by atoms with E-state index in [1.807, 2.05) is 38.1 Å². The highest BCUT2D eigenvalue weighted by Crippen LogP contribution is 2.19. The van der Waals surface area contributed by atoms with Crippen molar-refractivity contribution in [3.05, 3.63) is 29.8 Å². The lowest BCUT2D eigenvalue weighted by atomic mass is 10.1. The van der Waals surface area contributed by atoms with Crippen molar-refractivity contribution in [2.75, 3.05) is 6.54 Å². The second kappa shape index (κ2) is 5.32. The summed E-state index contributed by atoms with van der Waals surface area (Å²) in [7, 11) is 0. The van der Waals surface area contributed by atoms with Gasteiger partial charge in [-0.15, -0.1) is 0 Å². The van der Waals surface area contributed by atoms with Crippen LogP contribution < -0.4 is 10.1 Å². The zero-order valence-electron chi connectivity index (χ0n) is 10.4. The average molecular weight is 233 g/mol. The minimum Gasteiger partial charge on any atom is -0.491 e. The van der Waals surface area contributed by atoms with Crippen LogP contribution in [0.3, 0.4) is 0 Å². The van der Waals surface area contributed by atoms with Crippen molar-refractivity contribution in [3.8, 4) is 5.75 Å². The van der Waals surface area contributed by atoms with Gasteiger partial charge in [-0.2, -0.15) is 0 Å². The monoisotopic (exact) mass is 233 g/mol. The number of ether oxygens (including phenoxy) is 1. The van der Waals surface area contributed by atoms with Crippen LogP contribution in [0.25, 0.3) is 0 Å². The molecule has 3 nitrogen and oxygen atoms in total. The van der Waals surface area contributed by atoms with E-state index in [2.05, 4.69) is 5.32 Å². The van der Waals surface area contributed by atoms with E-state index in [-0.39, 0.29) is 11.9 Å². The fourth-order valence-electron chi connectivity index (χ4n) is 1.64. The first-order valence-corrected chi connectivity index (χ1v) is 6.18. The molecule has 17 heavy (non-hydrogen) atoms. The summed E-state index contributed by atoms with van der Waals surface area (Å²) in [4.78, 5) is 11.9. The number of nitrogens with one attached hydrogen (secondary N) is 1. The van der Waals surface area contributed by atoms with Crippen LogP contribution in [0.1, 0.15) is 37.0 Å². The summed E-state index contributed by atoms with van der Waals surface area (Å²) in [6.07, 6.45) is 2.53. The molecule has 0 amide bonds. The van der Waals surface area contributed by atoms with Crippen molar-refractivity contribution < 1.29 is 9.53 Å².